The van der Waals surface area contributed by atoms with Gasteiger partial charge < -0.3 is 15.0 Å². The molecule has 0 aromatic heterocycles. The summed E-state index contributed by atoms with van der Waals surface area (Å²) < 4.78 is 33.2. The molecule has 2 heterocycles. The number of benzene rings is 2. The predicted molar refractivity (Wildman–Crippen MR) is 138 cm³/mol. The standard InChI is InChI=1S/C25H31N3O5S2/c1-16-11-17(2)24(18(3)12-16)26-23(29)14-28-21-13-20(35(31,32)27-7-9-33-10-8-27)5-6-22(21)34-15-19(4)25(28)30/h5-6,11-13,19H,7-10,14-15H2,1-4H3,(H,26,29)/t19-/m0/s1. The molecule has 0 spiro atoms. The van der Waals surface area contributed by atoms with Crippen LogP contribution >= 0.6 is 11.8 Å². The molecule has 0 aliphatic carbocycles. The van der Waals surface area contributed by atoms with Gasteiger partial charge >= 0.3 is 0 Å². The Morgan fingerprint density at radius 2 is 1.77 bits per heavy atom. The van der Waals surface area contributed by atoms with Gasteiger partial charge in [0.05, 0.1) is 23.8 Å². The van der Waals surface area contributed by atoms with Crippen LogP contribution in [0.2, 0.25) is 0 Å². The number of hydrogen-bond acceptors (Lipinski definition) is 6. The average Bonchev–Trinajstić information content (AvgIpc) is 2.93. The second-order valence-electron chi connectivity index (χ2n) is 9.10. The maximum atomic E-state index is 13.3. The number of amides is 2. The smallest absolute Gasteiger partial charge is 0.244 e. The zero-order valence-electron chi connectivity index (χ0n) is 20.5. The first-order chi connectivity index (χ1) is 16.6. The lowest BCUT2D eigenvalue weighted by molar-refractivity contribution is -0.123. The van der Waals surface area contributed by atoms with Crippen LogP contribution in [0.4, 0.5) is 11.4 Å². The van der Waals surface area contributed by atoms with Gasteiger partial charge in [-0.05, 0) is 50.1 Å². The van der Waals surface area contributed by atoms with Gasteiger partial charge in [0.1, 0.15) is 6.54 Å². The van der Waals surface area contributed by atoms with E-state index in [1.807, 2.05) is 39.8 Å². The molecule has 1 atom stereocenters. The Labute approximate surface area is 211 Å². The monoisotopic (exact) mass is 517 g/mol. The Morgan fingerprint density at radius 1 is 1.11 bits per heavy atom. The van der Waals surface area contributed by atoms with Crippen LogP contribution in [0.1, 0.15) is 23.6 Å². The molecule has 1 saturated heterocycles. The summed E-state index contributed by atoms with van der Waals surface area (Å²) in [5, 5.41) is 2.96. The molecule has 2 aromatic rings. The van der Waals surface area contributed by atoms with Gasteiger partial charge in [-0.1, -0.05) is 24.6 Å². The normalized spacial score (nSPS) is 19.3. The summed E-state index contributed by atoms with van der Waals surface area (Å²) in [4.78, 5) is 28.7. The molecular weight excluding hydrogens is 486 g/mol. The van der Waals surface area contributed by atoms with Crippen LogP contribution in [-0.2, 0) is 24.3 Å². The number of fused-ring (bicyclic) bond motifs is 1. The SMILES string of the molecule is Cc1cc(C)c(NC(=O)CN2C(=O)[C@@H](C)CSc3ccc(S(=O)(=O)N4CCOCC4)cc32)c(C)c1. The van der Waals surface area contributed by atoms with Gasteiger partial charge in [-0.25, -0.2) is 8.42 Å². The van der Waals surface area contributed by atoms with E-state index in [4.69, 9.17) is 4.74 Å². The number of carbonyl (C=O) groups is 2. The third-order valence-corrected chi connectivity index (χ3v) is 9.47. The maximum Gasteiger partial charge on any atom is 0.244 e. The van der Waals surface area contributed by atoms with Crippen LogP contribution in [0.25, 0.3) is 0 Å². The van der Waals surface area contributed by atoms with Crippen molar-refractivity contribution < 1.29 is 22.7 Å². The highest BCUT2D eigenvalue weighted by Gasteiger charge is 2.33. The molecule has 1 fully saturated rings. The topological polar surface area (TPSA) is 96.0 Å². The van der Waals surface area contributed by atoms with Gasteiger partial charge in [-0.15, -0.1) is 11.8 Å². The predicted octanol–water partition coefficient (Wildman–Crippen LogP) is 3.35. The lowest BCUT2D eigenvalue weighted by atomic mass is 10.1. The largest absolute Gasteiger partial charge is 0.379 e. The van der Waals surface area contributed by atoms with Crippen molar-refractivity contribution in [2.24, 2.45) is 5.92 Å². The Kier molecular flexibility index (Phi) is 7.56. The number of morpholine rings is 1. The maximum absolute atomic E-state index is 13.3. The number of rotatable bonds is 5. The molecule has 2 aliphatic rings. The summed E-state index contributed by atoms with van der Waals surface area (Å²) in [5.41, 5.74) is 4.18. The van der Waals surface area contributed by atoms with Crippen LogP contribution in [0.3, 0.4) is 0 Å². The van der Waals surface area contributed by atoms with Crippen LogP contribution < -0.4 is 10.2 Å². The van der Waals surface area contributed by atoms with E-state index in [1.54, 1.807) is 12.1 Å². The number of anilines is 2. The van der Waals surface area contributed by atoms with E-state index >= 15 is 0 Å². The highest BCUT2D eigenvalue weighted by Crippen LogP contribution is 2.38. The Balaban J connectivity index is 1.66. The first kappa shape index (κ1) is 25.7. The number of nitrogens with zero attached hydrogens (tertiary/aromatic N) is 2. The van der Waals surface area contributed by atoms with E-state index in [0.29, 0.717) is 24.7 Å². The summed E-state index contributed by atoms with van der Waals surface area (Å²) in [6, 6.07) is 8.83. The summed E-state index contributed by atoms with van der Waals surface area (Å²) >= 11 is 1.49. The Bertz CT molecular complexity index is 1230. The number of aryl methyl sites for hydroxylation is 3. The summed E-state index contributed by atoms with van der Waals surface area (Å²) in [6.45, 7) is 8.75. The number of nitrogens with one attached hydrogen (secondary N) is 1. The van der Waals surface area contributed by atoms with Crippen molar-refractivity contribution in [1.29, 1.82) is 0 Å². The molecule has 2 aliphatic heterocycles. The van der Waals surface area contributed by atoms with Crippen molar-refractivity contribution in [2.75, 3.05) is 48.8 Å². The van der Waals surface area contributed by atoms with Crippen molar-refractivity contribution in [3.8, 4) is 0 Å². The van der Waals surface area contributed by atoms with Crippen molar-refractivity contribution in [2.45, 2.75) is 37.5 Å². The second kappa shape index (κ2) is 10.3. The zero-order valence-corrected chi connectivity index (χ0v) is 22.1. The molecule has 2 aromatic carbocycles. The molecular formula is C25H31N3O5S2. The van der Waals surface area contributed by atoms with Crippen molar-refractivity contribution >= 4 is 45.0 Å². The Hall–Kier alpha value is -2.40. The van der Waals surface area contributed by atoms with Gasteiger partial charge in [0, 0.05) is 35.3 Å². The van der Waals surface area contributed by atoms with Gasteiger partial charge in [-0.3, -0.25) is 9.59 Å². The quantitative estimate of drug-likeness (QED) is 0.654. The van der Waals surface area contributed by atoms with Crippen molar-refractivity contribution in [3.05, 3.63) is 47.0 Å². The van der Waals surface area contributed by atoms with E-state index in [0.717, 1.165) is 27.3 Å². The third-order valence-electron chi connectivity index (χ3n) is 6.25. The molecule has 8 nitrogen and oxygen atoms in total. The lowest BCUT2D eigenvalue weighted by Crippen LogP contribution is -2.42. The van der Waals surface area contributed by atoms with E-state index in [-0.39, 0.29) is 42.3 Å². The van der Waals surface area contributed by atoms with Crippen molar-refractivity contribution in [1.82, 2.24) is 4.31 Å². The van der Waals surface area contributed by atoms with E-state index in [9.17, 15) is 18.0 Å². The number of hydrogen-bond donors (Lipinski definition) is 1. The van der Waals surface area contributed by atoms with E-state index in [1.165, 1.54) is 27.0 Å². The molecule has 1 N–H and O–H groups in total. The molecule has 10 heteroatoms. The van der Waals surface area contributed by atoms with Gasteiger partial charge in [0.2, 0.25) is 21.8 Å². The molecule has 4 rings (SSSR count). The first-order valence-electron chi connectivity index (χ1n) is 11.6. The summed E-state index contributed by atoms with van der Waals surface area (Å²) in [5.74, 6) is -0.303. The minimum atomic E-state index is -3.75. The molecule has 35 heavy (non-hydrogen) atoms. The number of sulfonamides is 1. The number of thioether (sulfide) groups is 1. The third kappa shape index (κ3) is 5.40. The molecule has 0 bridgehead atoms. The molecule has 2 amide bonds. The van der Waals surface area contributed by atoms with Gasteiger partial charge in [0.15, 0.2) is 0 Å². The molecule has 0 radical (unpaired) electrons. The van der Waals surface area contributed by atoms with Crippen LogP contribution in [0.15, 0.2) is 40.1 Å². The van der Waals surface area contributed by atoms with Crippen LogP contribution in [-0.4, -0.2) is 63.1 Å². The van der Waals surface area contributed by atoms with E-state index < -0.39 is 10.0 Å². The second-order valence-corrected chi connectivity index (χ2v) is 12.1. The zero-order chi connectivity index (χ0) is 25.3. The van der Waals surface area contributed by atoms with Crippen LogP contribution in [0.5, 0.6) is 0 Å². The minimum Gasteiger partial charge on any atom is -0.379 e. The fraction of sp³-hybridized carbons (Fsp3) is 0.440. The van der Waals surface area contributed by atoms with Crippen LogP contribution in [0, 0.1) is 26.7 Å². The summed E-state index contributed by atoms with van der Waals surface area (Å²) in [7, 11) is -3.75. The number of ether oxygens (including phenoxy) is 1. The summed E-state index contributed by atoms with van der Waals surface area (Å²) in [6.07, 6.45) is 0. The van der Waals surface area contributed by atoms with Gasteiger partial charge in [0.25, 0.3) is 0 Å². The Morgan fingerprint density at radius 3 is 2.43 bits per heavy atom. The molecule has 0 saturated carbocycles. The fourth-order valence-corrected chi connectivity index (χ4v) is 6.94. The molecule has 188 valence electrons. The van der Waals surface area contributed by atoms with Gasteiger partial charge in [-0.2, -0.15) is 4.31 Å². The molecule has 0 unspecified atom stereocenters. The lowest BCUT2D eigenvalue weighted by Gasteiger charge is -2.28. The average molecular weight is 518 g/mol. The first-order valence-corrected chi connectivity index (χ1v) is 14.0. The fourth-order valence-electron chi connectivity index (χ4n) is 4.46. The van der Waals surface area contributed by atoms with E-state index in [2.05, 4.69) is 5.32 Å². The highest BCUT2D eigenvalue weighted by molar-refractivity contribution is 7.99. The highest BCUT2D eigenvalue weighted by atomic mass is 32.2. The number of carbonyl (C=O) groups excluding carboxylic acids is 2. The minimum absolute atomic E-state index is 0.108. The van der Waals surface area contributed by atoms with Crippen molar-refractivity contribution in [3.63, 3.8) is 0 Å².